The zero-order valence-corrected chi connectivity index (χ0v) is 20.4. The standard InChI is InChI=1S/C24H28F2N8O2/c1-14(2)34-19-10-15(4-5-18(19)29-31-34)17-6-9-33-21(17)22(35-3)28-23(30-33)27-20-7-8-32(13-24(20,25)26)16-11-36-12-16/h4-6,9-10,14,16,20H,7-8,11-13H2,1-3H3,(H,27,30)/t20-/m1/s1. The van der Waals surface area contributed by atoms with Crippen LogP contribution in [-0.2, 0) is 4.74 Å². The second kappa shape index (κ2) is 8.63. The quantitative estimate of drug-likeness (QED) is 0.433. The number of methoxy groups -OCH3 is 1. The van der Waals surface area contributed by atoms with Gasteiger partial charge in [0.15, 0.2) is 0 Å². The van der Waals surface area contributed by atoms with Crippen LogP contribution in [0.1, 0.15) is 26.3 Å². The van der Waals surface area contributed by atoms with Gasteiger partial charge in [0, 0.05) is 24.3 Å². The van der Waals surface area contributed by atoms with Crippen molar-refractivity contribution in [2.45, 2.75) is 44.3 Å². The highest BCUT2D eigenvalue weighted by Gasteiger charge is 2.47. The van der Waals surface area contributed by atoms with E-state index < -0.39 is 12.0 Å². The van der Waals surface area contributed by atoms with Crippen LogP contribution in [0.4, 0.5) is 14.7 Å². The highest BCUT2D eigenvalue weighted by atomic mass is 19.3. The molecule has 0 amide bonds. The van der Waals surface area contributed by atoms with E-state index in [0.29, 0.717) is 31.2 Å². The number of rotatable bonds is 6. The normalized spacial score (nSPS) is 20.8. The Hall–Kier alpha value is -3.38. The van der Waals surface area contributed by atoms with E-state index in [1.807, 2.05) is 33.8 Å². The molecule has 0 unspecified atom stereocenters. The number of fused-ring (bicyclic) bond motifs is 2. The Balaban J connectivity index is 1.31. The lowest BCUT2D eigenvalue weighted by Crippen LogP contribution is -2.61. The van der Waals surface area contributed by atoms with Crippen molar-refractivity contribution < 1.29 is 18.3 Å². The van der Waals surface area contributed by atoms with Gasteiger partial charge in [0.2, 0.25) is 11.8 Å². The largest absolute Gasteiger partial charge is 0.479 e. The van der Waals surface area contributed by atoms with Crippen LogP contribution >= 0.6 is 0 Å². The van der Waals surface area contributed by atoms with Gasteiger partial charge in [-0.1, -0.05) is 11.3 Å². The van der Waals surface area contributed by atoms with Crippen molar-refractivity contribution >= 4 is 22.5 Å². The van der Waals surface area contributed by atoms with Gasteiger partial charge < -0.3 is 14.8 Å². The van der Waals surface area contributed by atoms with Crippen LogP contribution in [0, 0.1) is 0 Å². The van der Waals surface area contributed by atoms with Crippen LogP contribution in [0.15, 0.2) is 30.5 Å². The average molecular weight is 499 g/mol. The number of nitrogens with one attached hydrogen (secondary N) is 1. The number of alkyl halides is 2. The SMILES string of the molecule is COc1nc(N[C@@H]2CCN(C3COC3)CC2(F)F)nn2ccc(-c3ccc4nnn(C(C)C)c4c3)c12. The molecule has 0 spiro atoms. The highest BCUT2D eigenvalue weighted by Crippen LogP contribution is 2.35. The third-order valence-corrected chi connectivity index (χ3v) is 7.01. The summed E-state index contributed by atoms with van der Waals surface area (Å²) in [6, 6.07) is 6.99. The van der Waals surface area contributed by atoms with Gasteiger partial charge >= 0.3 is 0 Å². The summed E-state index contributed by atoms with van der Waals surface area (Å²) in [5, 5.41) is 15.8. The number of likely N-dealkylation sites (tertiary alicyclic amines) is 1. The fraction of sp³-hybridized carbons (Fsp3) is 0.500. The lowest BCUT2D eigenvalue weighted by molar-refractivity contribution is -0.131. The van der Waals surface area contributed by atoms with Crippen molar-refractivity contribution in [3.8, 4) is 17.0 Å². The van der Waals surface area contributed by atoms with E-state index in [-0.39, 0.29) is 31.0 Å². The average Bonchev–Trinajstić information content (AvgIpc) is 3.42. The zero-order valence-electron chi connectivity index (χ0n) is 20.4. The maximum atomic E-state index is 15.0. The number of hydrogen-bond acceptors (Lipinski definition) is 8. The Morgan fingerprint density at radius 1 is 1.22 bits per heavy atom. The Bertz CT molecular complexity index is 1410. The van der Waals surface area contributed by atoms with Gasteiger partial charge in [0.25, 0.3) is 5.92 Å². The molecule has 0 saturated carbocycles. The molecule has 0 aliphatic carbocycles. The van der Waals surface area contributed by atoms with E-state index >= 15 is 0 Å². The number of anilines is 1. The van der Waals surface area contributed by atoms with Crippen LogP contribution in [-0.4, -0.2) is 85.9 Å². The highest BCUT2D eigenvalue weighted by molar-refractivity contribution is 5.89. The van der Waals surface area contributed by atoms with E-state index in [2.05, 4.69) is 39.6 Å². The van der Waals surface area contributed by atoms with Gasteiger partial charge in [-0.25, -0.2) is 18.0 Å². The van der Waals surface area contributed by atoms with Crippen LogP contribution in [0.25, 0.3) is 27.7 Å². The summed E-state index contributed by atoms with van der Waals surface area (Å²) in [6.07, 6.45) is 2.06. The fourth-order valence-corrected chi connectivity index (χ4v) is 4.96. The predicted octanol–water partition coefficient (Wildman–Crippen LogP) is 3.25. The molecule has 12 heteroatoms. The molecule has 2 aliphatic rings. The Labute approximate surface area is 206 Å². The fourth-order valence-electron chi connectivity index (χ4n) is 4.96. The van der Waals surface area contributed by atoms with Crippen molar-refractivity contribution in [2.75, 3.05) is 38.7 Å². The summed E-state index contributed by atoms with van der Waals surface area (Å²) in [5.74, 6) is -2.52. The van der Waals surface area contributed by atoms with Crippen molar-refractivity contribution in [3.63, 3.8) is 0 Å². The summed E-state index contributed by atoms with van der Waals surface area (Å²) in [7, 11) is 1.51. The number of hydrogen-bond donors (Lipinski definition) is 1. The molecule has 3 aromatic heterocycles. The second-order valence-corrected chi connectivity index (χ2v) is 9.71. The number of ether oxygens (including phenoxy) is 2. The van der Waals surface area contributed by atoms with Gasteiger partial charge in [-0.15, -0.1) is 10.2 Å². The first kappa shape index (κ1) is 23.0. The van der Waals surface area contributed by atoms with Gasteiger partial charge in [-0.2, -0.15) is 4.98 Å². The van der Waals surface area contributed by atoms with E-state index in [4.69, 9.17) is 9.47 Å². The number of piperidine rings is 1. The molecule has 36 heavy (non-hydrogen) atoms. The molecule has 5 heterocycles. The predicted molar refractivity (Wildman–Crippen MR) is 130 cm³/mol. The maximum absolute atomic E-state index is 15.0. The van der Waals surface area contributed by atoms with Crippen molar-refractivity contribution in [3.05, 3.63) is 30.5 Å². The van der Waals surface area contributed by atoms with Gasteiger partial charge in [0.05, 0.1) is 44.5 Å². The Morgan fingerprint density at radius 2 is 2.06 bits per heavy atom. The van der Waals surface area contributed by atoms with E-state index in [0.717, 1.165) is 22.2 Å². The minimum absolute atomic E-state index is 0.0805. The molecule has 1 N–H and O–H groups in total. The molecule has 0 bridgehead atoms. The Morgan fingerprint density at radius 3 is 2.75 bits per heavy atom. The first-order valence-corrected chi connectivity index (χ1v) is 12.1. The smallest absolute Gasteiger partial charge is 0.280 e. The molecular weight excluding hydrogens is 470 g/mol. The molecule has 1 atom stereocenters. The maximum Gasteiger partial charge on any atom is 0.280 e. The molecule has 2 aliphatic heterocycles. The van der Waals surface area contributed by atoms with Gasteiger partial charge in [-0.3, -0.25) is 4.90 Å². The van der Waals surface area contributed by atoms with Crippen LogP contribution in [0.5, 0.6) is 5.88 Å². The van der Waals surface area contributed by atoms with E-state index in [9.17, 15) is 8.78 Å². The summed E-state index contributed by atoms with van der Waals surface area (Å²) in [6.45, 7) is 5.40. The van der Waals surface area contributed by atoms with Crippen LogP contribution < -0.4 is 10.1 Å². The minimum Gasteiger partial charge on any atom is -0.479 e. The van der Waals surface area contributed by atoms with Gasteiger partial charge in [0.1, 0.15) is 11.0 Å². The molecule has 0 radical (unpaired) electrons. The van der Waals surface area contributed by atoms with Crippen molar-refractivity contribution in [1.82, 2.24) is 34.5 Å². The molecule has 1 aromatic carbocycles. The van der Waals surface area contributed by atoms with Crippen LogP contribution in [0.2, 0.25) is 0 Å². The van der Waals surface area contributed by atoms with Crippen molar-refractivity contribution in [2.24, 2.45) is 0 Å². The molecule has 190 valence electrons. The second-order valence-electron chi connectivity index (χ2n) is 9.71. The monoisotopic (exact) mass is 498 g/mol. The molecule has 6 rings (SSSR count). The third-order valence-electron chi connectivity index (χ3n) is 7.01. The van der Waals surface area contributed by atoms with Crippen molar-refractivity contribution in [1.29, 1.82) is 0 Å². The summed E-state index contributed by atoms with van der Waals surface area (Å²) < 4.78 is 44.2. The first-order valence-electron chi connectivity index (χ1n) is 12.1. The summed E-state index contributed by atoms with van der Waals surface area (Å²) in [5.41, 5.74) is 4.16. The lowest BCUT2D eigenvalue weighted by atomic mass is 9.98. The molecule has 4 aromatic rings. The summed E-state index contributed by atoms with van der Waals surface area (Å²) in [4.78, 5) is 6.26. The first-order chi connectivity index (χ1) is 17.3. The molecule has 10 nitrogen and oxygen atoms in total. The van der Waals surface area contributed by atoms with E-state index in [1.54, 1.807) is 10.7 Å². The number of aromatic nitrogens is 6. The summed E-state index contributed by atoms with van der Waals surface area (Å²) >= 11 is 0. The Kier molecular flexibility index (Phi) is 5.52. The topological polar surface area (TPSA) is 94.6 Å². The number of nitrogens with zero attached hydrogens (tertiary/aromatic N) is 7. The molecule has 2 saturated heterocycles. The number of halogens is 2. The van der Waals surface area contributed by atoms with Crippen LogP contribution in [0.3, 0.4) is 0 Å². The minimum atomic E-state index is -2.93. The van der Waals surface area contributed by atoms with Gasteiger partial charge in [-0.05, 0) is 44.0 Å². The number of benzene rings is 1. The molecular formula is C24H28F2N8O2. The zero-order chi connectivity index (χ0) is 25.0. The lowest BCUT2D eigenvalue weighted by Gasteiger charge is -2.44. The van der Waals surface area contributed by atoms with E-state index in [1.165, 1.54) is 7.11 Å². The third kappa shape index (κ3) is 3.84. The molecule has 2 fully saturated rings.